The quantitative estimate of drug-likeness (QED) is 0.816. The molecule has 0 saturated heterocycles. The summed E-state index contributed by atoms with van der Waals surface area (Å²) in [5.74, 6) is -1.91. The summed E-state index contributed by atoms with van der Waals surface area (Å²) in [5.41, 5.74) is 9.56. The minimum Gasteiger partial charge on any atom is -0.481 e. The summed E-state index contributed by atoms with van der Waals surface area (Å²) in [4.78, 5) is 10.9. The maximum Gasteiger partial charge on any atom is 0.305 e. The van der Waals surface area contributed by atoms with Gasteiger partial charge in [0, 0.05) is 11.6 Å². The first-order chi connectivity index (χ1) is 11.1. The molecule has 25 heavy (non-hydrogen) atoms. The molecule has 0 aliphatic heterocycles. The molecule has 2 aromatic carbocycles. The number of hydrogen-bond acceptors (Lipinski definition) is 2. The topological polar surface area (TPSA) is 63.3 Å². The van der Waals surface area contributed by atoms with E-state index in [0.29, 0.717) is 27.8 Å². The van der Waals surface area contributed by atoms with Crippen molar-refractivity contribution in [2.24, 2.45) is 5.73 Å². The first-order valence-corrected chi connectivity index (χ1v) is 7.67. The highest BCUT2D eigenvalue weighted by Crippen LogP contribution is 2.34. The van der Waals surface area contributed by atoms with Gasteiger partial charge in [0.05, 0.1) is 6.42 Å². The Morgan fingerprint density at radius 2 is 1.60 bits per heavy atom. The van der Waals surface area contributed by atoms with E-state index < -0.39 is 17.8 Å². The monoisotopic (exact) mass is 369 g/mol. The highest BCUT2D eigenvalue weighted by atomic mass is 35.5. The van der Waals surface area contributed by atoms with Crippen LogP contribution in [-0.4, -0.2) is 11.1 Å². The van der Waals surface area contributed by atoms with Crippen molar-refractivity contribution < 1.29 is 18.7 Å². The lowest BCUT2D eigenvalue weighted by Gasteiger charge is -2.18. The minimum absolute atomic E-state index is 0. The molecular formula is C19H22ClF2NO2. The van der Waals surface area contributed by atoms with E-state index in [0.717, 1.165) is 5.56 Å². The lowest BCUT2D eigenvalue weighted by Crippen LogP contribution is -2.17. The van der Waals surface area contributed by atoms with Gasteiger partial charge in [0.2, 0.25) is 0 Å². The fourth-order valence-electron chi connectivity index (χ4n) is 3.11. The largest absolute Gasteiger partial charge is 0.481 e. The number of rotatable bonds is 4. The van der Waals surface area contributed by atoms with Gasteiger partial charge in [-0.15, -0.1) is 12.4 Å². The summed E-state index contributed by atoms with van der Waals surface area (Å²) < 4.78 is 28.7. The number of hydrogen-bond donors (Lipinski definition) is 2. The number of carboxylic acid groups (broad SMARTS) is 1. The average molecular weight is 370 g/mol. The van der Waals surface area contributed by atoms with Crippen molar-refractivity contribution in [1.82, 2.24) is 0 Å². The number of benzene rings is 2. The third-order valence-corrected chi connectivity index (χ3v) is 4.24. The molecule has 1 atom stereocenters. The van der Waals surface area contributed by atoms with Crippen LogP contribution in [0.2, 0.25) is 0 Å². The molecule has 0 amide bonds. The molecular weight excluding hydrogens is 348 g/mol. The van der Waals surface area contributed by atoms with Crippen molar-refractivity contribution in [2.45, 2.75) is 40.2 Å². The van der Waals surface area contributed by atoms with E-state index in [4.69, 9.17) is 10.8 Å². The average Bonchev–Trinajstić information content (AvgIpc) is 2.47. The second-order valence-electron chi connectivity index (χ2n) is 6.23. The lowest BCUT2D eigenvalue weighted by molar-refractivity contribution is -0.137. The zero-order valence-electron chi connectivity index (χ0n) is 14.6. The SMILES string of the molecule is Cc1cc(-c2c(C)cc(C)c(F)c2C)cc([C@@H](N)CC(=O)O)c1F.Cl. The van der Waals surface area contributed by atoms with E-state index in [-0.39, 0.29) is 30.2 Å². The van der Waals surface area contributed by atoms with Gasteiger partial charge in [-0.25, -0.2) is 8.78 Å². The second kappa shape index (κ2) is 7.93. The molecule has 3 nitrogen and oxygen atoms in total. The van der Waals surface area contributed by atoms with Gasteiger partial charge < -0.3 is 10.8 Å². The van der Waals surface area contributed by atoms with E-state index in [9.17, 15) is 13.6 Å². The van der Waals surface area contributed by atoms with Gasteiger partial charge in [-0.2, -0.15) is 0 Å². The van der Waals surface area contributed by atoms with Crippen molar-refractivity contribution >= 4 is 18.4 Å². The second-order valence-corrected chi connectivity index (χ2v) is 6.23. The van der Waals surface area contributed by atoms with Crippen LogP contribution in [0, 0.1) is 39.3 Å². The van der Waals surface area contributed by atoms with Crippen molar-refractivity contribution in [3.63, 3.8) is 0 Å². The van der Waals surface area contributed by atoms with Crippen molar-refractivity contribution in [1.29, 1.82) is 0 Å². The lowest BCUT2D eigenvalue weighted by atomic mass is 9.89. The maximum atomic E-state index is 14.4. The van der Waals surface area contributed by atoms with Gasteiger partial charge in [0.1, 0.15) is 11.6 Å². The normalized spacial score (nSPS) is 11.8. The molecule has 0 aromatic heterocycles. The number of halogens is 3. The summed E-state index contributed by atoms with van der Waals surface area (Å²) in [5, 5.41) is 8.89. The van der Waals surface area contributed by atoms with Gasteiger partial charge >= 0.3 is 5.97 Å². The molecule has 3 N–H and O–H groups in total. The number of nitrogens with two attached hydrogens (primary N) is 1. The van der Waals surface area contributed by atoms with Crippen LogP contribution in [0.5, 0.6) is 0 Å². The molecule has 0 bridgehead atoms. The van der Waals surface area contributed by atoms with Gasteiger partial charge in [-0.05, 0) is 73.2 Å². The van der Waals surface area contributed by atoms with Gasteiger partial charge in [0.25, 0.3) is 0 Å². The fourth-order valence-corrected chi connectivity index (χ4v) is 3.11. The molecule has 0 radical (unpaired) electrons. The molecule has 0 unspecified atom stereocenters. The zero-order chi connectivity index (χ0) is 18.2. The van der Waals surface area contributed by atoms with Crippen LogP contribution in [0.15, 0.2) is 18.2 Å². The van der Waals surface area contributed by atoms with Crippen LogP contribution >= 0.6 is 12.4 Å². The Labute approximate surface area is 152 Å². The van der Waals surface area contributed by atoms with Gasteiger partial charge in [-0.3, -0.25) is 4.79 Å². The Balaban J connectivity index is 0.00000312. The predicted octanol–water partition coefficient (Wildman–Crippen LogP) is 4.76. The third kappa shape index (κ3) is 4.17. The summed E-state index contributed by atoms with van der Waals surface area (Å²) in [6.07, 6.45) is -0.375. The molecule has 0 fully saturated rings. The highest BCUT2D eigenvalue weighted by molar-refractivity contribution is 5.85. The number of carboxylic acids is 1. The van der Waals surface area contributed by atoms with Crippen molar-refractivity contribution in [2.75, 3.05) is 0 Å². The van der Waals surface area contributed by atoms with Crippen LogP contribution in [0.4, 0.5) is 8.78 Å². The number of carbonyl (C=O) groups is 1. The van der Waals surface area contributed by atoms with E-state index in [1.54, 1.807) is 32.9 Å². The van der Waals surface area contributed by atoms with E-state index in [2.05, 4.69) is 0 Å². The molecule has 2 rings (SSSR count). The van der Waals surface area contributed by atoms with Crippen LogP contribution < -0.4 is 5.73 Å². The summed E-state index contributed by atoms with van der Waals surface area (Å²) in [6, 6.07) is 3.95. The van der Waals surface area contributed by atoms with E-state index >= 15 is 0 Å². The van der Waals surface area contributed by atoms with Crippen molar-refractivity contribution in [3.8, 4) is 11.1 Å². The Kier molecular flexibility index (Phi) is 6.68. The minimum atomic E-state index is -1.10. The number of aliphatic carboxylic acids is 1. The van der Waals surface area contributed by atoms with Crippen LogP contribution in [0.3, 0.4) is 0 Å². The smallest absolute Gasteiger partial charge is 0.305 e. The Bertz CT molecular complexity index is 822. The first kappa shape index (κ1) is 21.1. The van der Waals surface area contributed by atoms with Crippen LogP contribution in [-0.2, 0) is 4.79 Å². The molecule has 0 spiro atoms. The Hall–Kier alpha value is -1.98. The molecule has 0 saturated carbocycles. The molecule has 0 heterocycles. The molecule has 2 aromatic rings. The Morgan fingerprint density at radius 3 is 2.16 bits per heavy atom. The van der Waals surface area contributed by atoms with Crippen LogP contribution in [0.25, 0.3) is 11.1 Å². The molecule has 0 aliphatic rings. The van der Waals surface area contributed by atoms with Gasteiger partial charge in [0.15, 0.2) is 0 Å². The Morgan fingerprint density at radius 1 is 1.04 bits per heavy atom. The van der Waals surface area contributed by atoms with Crippen LogP contribution in [0.1, 0.15) is 40.3 Å². The number of aryl methyl sites for hydroxylation is 3. The zero-order valence-corrected chi connectivity index (χ0v) is 15.4. The summed E-state index contributed by atoms with van der Waals surface area (Å²) in [7, 11) is 0. The van der Waals surface area contributed by atoms with E-state index in [1.165, 1.54) is 6.07 Å². The summed E-state index contributed by atoms with van der Waals surface area (Å²) >= 11 is 0. The van der Waals surface area contributed by atoms with Gasteiger partial charge in [-0.1, -0.05) is 6.07 Å². The van der Waals surface area contributed by atoms with E-state index in [1.807, 2.05) is 6.92 Å². The highest BCUT2D eigenvalue weighted by Gasteiger charge is 2.20. The maximum absolute atomic E-state index is 14.4. The fraction of sp³-hybridized carbons (Fsp3) is 0.316. The summed E-state index contributed by atoms with van der Waals surface area (Å²) in [6.45, 7) is 6.83. The van der Waals surface area contributed by atoms with Crippen molar-refractivity contribution in [3.05, 3.63) is 57.7 Å². The standard InChI is InChI=1S/C19H21F2NO2.ClH/c1-9-5-10(2)18(20)12(4)17(9)13-6-11(3)19(21)14(7-13)15(22)8-16(23)24;/h5-7,15H,8,22H2,1-4H3,(H,23,24);1H/t15-;/m0./s1. The third-order valence-electron chi connectivity index (χ3n) is 4.24. The molecule has 0 aliphatic carbocycles. The first-order valence-electron chi connectivity index (χ1n) is 7.67. The molecule has 136 valence electrons. The predicted molar refractivity (Wildman–Crippen MR) is 97.2 cm³/mol. The molecule has 6 heteroatoms.